The standard InChI is InChI=1S/C15H19NO/c1-17-15-4-2-3-14(9-15)16-10-13-8-11-5-6-12(13)7-11/h2-6,9,11-13,16H,7-8,10H2,1H3. The van der Waals surface area contributed by atoms with Gasteiger partial charge in [-0.05, 0) is 42.7 Å². The zero-order valence-electron chi connectivity index (χ0n) is 10.2. The van der Waals surface area contributed by atoms with E-state index in [0.29, 0.717) is 0 Å². The third kappa shape index (κ3) is 2.17. The summed E-state index contributed by atoms with van der Waals surface area (Å²) < 4.78 is 5.22. The van der Waals surface area contributed by atoms with Crippen LogP contribution in [0.25, 0.3) is 0 Å². The van der Waals surface area contributed by atoms with Crippen LogP contribution in [0.3, 0.4) is 0 Å². The van der Waals surface area contributed by atoms with Crippen LogP contribution in [-0.2, 0) is 0 Å². The van der Waals surface area contributed by atoms with Gasteiger partial charge in [0, 0.05) is 18.3 Å². The molecule has 2 nitrogen and oxygen atoms in total. The Morgan fingerprint density at radius 3 is 2.94 bits per heavy atom. The monoisotopic (exact) mass is 229 g/mol. The average molecular weight is 229 g/mol. The third-order valence-corrected chi connectivity index (χ3v) is 4.05. The Morgan fingerprint density at radius 2 is 2.24 bits per heavy atom. The molecule has 1 saturated carbocycles. The van der Waals surface area contributed by atoms with Crippen molar-refractivity contribution in [1.82, 2.24) is 0 Å². The van der Waals surface area contributed by atoms with Crippen molar-refractivity contribution in [2.24, 2.45) is 17.8 Å². The fourth-order valence-corrected chi connectivity index (χ4v) is 3.11. The van der Waals surface area contributed by atoms with Gasteiger partial charge in [0.25, 0.3) is 0 Å². The van der Waals surface area contributed by atoms with E-state index >= 15 is 0 Å². The van der Waals surface area contributed by atoms with E-state index in [-0.39, 0.29) is 0 Å². The van der Waals surface area contributed by atoms with Crippen LogP contribution in [0.5, 0.6) is 5.75 Å². The summed E-state index contributed by atoms with van der Waals surface area (Å²) in [7, 11) is 1.71. The molecule has 0 radical (unpaired) electrons. The third-order valence-electron chi connectivity index (χ3n) is 4.05. The van der Waals surface area contributed by atoms with Gasteiger partial charge in [0.1, 0.15) is 5.75 Å². The van der Waals surface area contributed by atoms with Crippen LogP contribution in [0.4, 0.5) is 5.69 Å². The Morgan fingerprint density at radius 1 is 1.29 bits per heavy atom. The van der Waals surface area contributed by atoms with E-state index in [1.165, 1.54) is 12.8 Å². The van der Waals surface area contributed by atoms with Crippen LogP contribution in [0.1, 0.15) is 12.8 Å². The molecule has 17 heavy (non-hydrogen) atoms. The van der Waals surface area contributed by atoms with Crippen molar-refractivity contribution < 1.29 is 4.74 Å². The zero-order chi connectivity index (χ0) is 11.7. The molecule has 1 aromatic rings. The first kappa shape index (κ1) is 10.7. The molecule has 0 heterocycles. The molecule has 0 aromatic heterocycles. The summed E-state index contributed by atoms with van der Waals surface area (Å²) in [4.78, 5) is 0. The van der Waals surface area contributed by atoms with Crippen molar-refractivity contribution in [3.05, 3.63) is 36.4 Å². The number of fused-ring (bicyclic) bond motifs is 2. The first-order chi connectivity index (χ1) is 8.35. The summed E-state index contributed by atoms with van der Waals surface area (Å²) in [5, 5.41) is 3.53. The summed E-state index contributed by atoms with van der Waals surface area (Å²) in [6.07, 6.45) is 7.54. The van der Waals surface area contributed by atoms with Gasteiger partial charge in [-0.1, -0.05) is 18.2 Å². The van der Waals surface area contributed by atoms with E-state index in [9.17, 15) is 0 Å². The minimum atomic E-state index is 0.816. The van der Waals surface area contributed by atoms with E-state index < -0.39 is 0 Å². The number of nitrogens with one attached hydrogen (secondary N) is 1. The van der Waals surface area contributed by atoms with Crippen molar-refractivity contribution >= 4 is 5.69 Å². The molecule has 0 saturated heterocycles. The molecule has 3 unspecified atom stereocenters. The number of rotatable bonds is 4. The predicted octanol–water partition coefficient (Wildman–Crippen LogP) is 3.32. The quantitative estimate of drug-likeness (QED) is 0.800. The molecule has 1 aromatic carbocycles. The predicted molar refractivity (Wildman–Crippen MR) is 70.3 cm³/mol. The second-order valence-corrected chi connectivity index (χ2v) is 5.15. The number of anilines is 1. The van der Waals surface area contributed by atoms with E-state index in [4.69, 9.17) is 4.74 Å². The number of hydrogen-bond acceptors (Lipinski definition) is 2. The fourth-order valence-electron chi connectivity index (χ4n) is 3.11. The van der Waals surface area contributed by atoms with Gasteiger partial charge in [0.05, 0.1) is 7.11 Å². The molecule has 3 rings (SSSR count). The van der Waals surface area contributed by atoms with Gasteiger partial charge >= 0.3 is 0 Å². The Kier molecular flexibility index (Phi) is 2.79. The molecule has 1 N–H and O–H groups in total. The summed E-state index contributed by atoms with van der Waals surface area (Å²) in [6, 6.07) is 8.17. The number of hydrogen-bond donors (Lipinski definition) is 1. The van der Waals surface area contributed by atoms with Crippen LogP contribution < -0.4 is 10.1 Å². The number of benzene rings is 1. The van der Waals surface area contributed by atoms with Gasteiger partial charge in [-0.25, -0.2) is 0 Å². The summed E-state index contributed by atoms with van der Waals surface area (Å²) in [5.41, 5.74) is 1.16. The SMILES string of the molecule is COc1cccc(NCC2CC3C=CC2C3)c1. The summed E-state index contributed by atoms with van der Waals surface area (Å²) >= 11 is 0. The minimum absolute atomic E-state index is 0.816. The van der Waals surface area contributed by atoms with Crippen molar-refractivity contribution in [1.29, 1.82) is 0 Å². The molecule has 90 valence electrons. The molecule has 0 spiro atoms. The molecule has 2 bridgehead atoms. The molecular weight excluding hydrogens is 210 g/mol. The second kappa shape index (κ2) is 4.44. The maximum atomic E-state index is 5.22. The largest absolute Gasteiger partial charge is 0.497 e. The van der Waals surface area contributed by atoms with Gasteiger partial charge in [0.15, 0.2) is 0 Å². The maximum absolute atomic E-state index is 5.22. The Balaban J connectivity index is 1.58. The maximum Gasteiger partial charge on any atom is 0.120 e. The van der Waals surface area contributed by atoms with Gasteiger partial charge in [-0.3, -0.25) is 0 Å². The van der Waals surface area contributed by atoms with E-state index in [1.54, 1.807) is 7.11 Å². The number of ether oxygens (including phenoxy) is 1. The van der Waals surface area contributed by atoms with E-state index in [2.05, 4.69) is 29.6 Å². The van der Waals surface area contributed by atoms with Gasteiger partial charge < -0.3 is 10.1 Å². The van der Waals surface area contributed by atoms with Gasteiger partial charge in [-0.15, -0.1) is 0 Å². The number of methoxy groups -OCH3 is 1. The van der Waals surface area contributed by atoms with Crippen LogP contribution in [0.15, 0.2) is 36.4 Å². The lowest BCUT2D eigenvalue weighted by Crippen LogP contribution is -2.18. The Hall–Kier alpha value is -1.44. The normalized spacial score (nSPS) is 29.6. The van der Waals surface area contributed by atoms with Crippen LogP contribution in [-0.4, -0.2) is 13.7 Å². The molecule has 2 aliphatic carbocycles. The molecule has 2 aliphatic rings. The smallest absolute Gasteiger partial charge is 0.120 e. The highest BCUT2D eigenvalue weighted by Gasteiger charge is 2.35. The van der Waals surface area contributed by atoms with Crippen molar-refractivity contribution in [3.63, 3.8) is 0 Å². The number of allylic oxidation sites excluding steroid dienone is 2. The molecule has 2 heteroatoms. The highest BCUT2D eigenvalue weighted by atomic mass is 16.5. The first-order valence-corrected chi connectivity index (χ1v) is 6.41. The Bertz CT molecular complexity index is 427. The van der Waals surface area contributed by atoms with Gasteiger partial charge in [0.2, 0.25) is 0 Å². The van der Waals surface area contributed by atoms with Crippen LogP contribution in [0.2, 0.25) is 0 Å². The van der Waals surface area contributed by atoms with Crippen molar-refractivity contribution in [2.45, 2.75) is 12.8 Å². The lowest BCUT2D eigenvalue weighted by atomic mass is 9.93. The highest BCUT2D eigenvalue weighted by Crippen LogP contribution is 2.43. The van der Waals surface area contributed by atoms with E-state index in [1.807, 2.05) is 12.1 Å². The first-order valence-electron chi connectivity index (χ1n) is 6.41. The minimum Gasteiger partial charge on any atom is -0.497 e. The van der Waals surface area contributed by atoms with Crippen LogP contribution in [0, 0.1) is 17.8 Å². The average Bonchev–Trinajstić information content (AvgIpc) is 2.99. The zero-order valence-corrected chi connectivity index (χ0v) is 10.2. The highest BCUT2D eigenvalue weighted by molar-refractivity contribution is 5.48. The van der Waals surface area contributed by atoms with Crippen LogP contribution >= 0.6 is 0 Å². The van der Waals surface area contributed by atoms with Gasteiger partial charge in [-0.2, -0.15) is 0 Å². The molecule has 1 fully saturated rings. The lowest BCUT2D eigenvalue weighted by molar-refractivity contribution is 0.415. The molecule has 0 amide bonds. The van der Waals surface area contributed by atoms with E-state index in [0.717, 1.165) is 35.7 Å². The molecule has 3 atom stereocenters. The molecule has 0 aliphatic heterocycles. The Labute approximate surface area is 103 Å². The molecular formula is C15H19NO. The second-order valence-electron chi connectivity index (χ2n) is 5.15. The lowest BCUT2D eigenvalue weighted by Gasteiger charge is -2.19. The van der Waals surface area contributed by atoms with Crippen molar-refractivity contribution in [2.75, 3.05) is 19.0 Å². The summed E-state index contributed by atoms with van der Waals surface area (Å²) in [5.74, 6) is 3.41. The topological polar surface area (TPSA) is 21.3 Å². The summed E-state index contributed by atoms with van der Waals surface area (Å²) in [6.45, 7) is 1.08. The fraction of sp³-hybridized carbons (Fsp3) is 0.467. The van der Waals surface area contributed by atoms with Crippen molar-refractivity contribution in [3.8, 4) is 5.75 Å².